The molecule has 0 fully saturated rings. The van der Waals surface area contributed by atoms with E-state index in [0.717, 1.165) is 22.5 Å². The monoisotopic (exact) mass is 456 g/mol. The van der Waals surface area contributed by atoms with Crippen molar-refractivity contribution in [3.63, 3.8) is 0 Å². The Morgan fingerprint density at radius 2 is 1.73 bits per heavy atom. The summed E-state index contributed by atoms with van der Waals surface area (Å²) in [7, 11) is -2.77. The molecule has 2 aromatic carbocycles. The molecule has 0 spiro atoms. The minimum atomic E-state index is -4.07. The molecule has 0 heterocycles. The van der Waals surface area contributed by atoms with E-state index in [1.165, 1.54) is 31.3 Å². The maximum atomic E-state index is 13.1. The minimum absolute atomic E-state index is 0.0281. The Labute approximate surface area is 179 Å². The SMILES string of the molecule is CN(c1ccc(F)cc1)S(=O)(=O)c1ccc(Cl)c(C(=O)OCC(=O)NC(C)(C)C)c1. The van der Waals surface area contributed by atoms with Crippen molar-refractivity contribution < 1.29 is 27.1 Å². The number of carbonyl (C=O) groups is 2. The van der Waals surface area contributed by atoms with Gasteiger partial charge in [-0.3, -0.25) is 9.10 Å². The van der Waals surface area contributed by atoms with Crippen LogP contribution in [-0.4, -0.2) is 39.5 Å². The summed E-state index contributed by atoms with van der Waals surface area (Å²) >= 11 is 6.03. The first kappa shape index (κ1) is 23.6. The number of amides is 1. The molecule has 0 radical (unpaired) electrons. The molecule has 0 aliphatic carbocycles. The van der Waals surface area contributed by atoms with Crippen LogP contribution in [-0.2, 0) is 19.6 Å². The van der Waals surface area contributed by atoms with Gasteiger partial charge in [0.15, 0.2) is 6.61 Å². The summed E-state index contributed by atoms with van der Waals surface area (Å²) in [4.78, 5) is 24.0. The molecule has 0 aliphatic heterocycles. The standard InChI is InChI=1S/C20H22ClFN2O5S/c1-20(2,3)23-18(25)12-29-19(26)16-11-15(9-10-17(16)21)30(27,28)24(4)14-7-5-13(22)6-8-14/h5-11H,12H2,1-4H3,(H,23,25). The maximum Gasteiger partial charge on any atom is 0.340 e. The Hall–Kier alpha value is -2.65. The van der Waals surface area contributed by atoms with Gasteiger partial charge in [0.2, 0.25) is 0 Å². The Balaban J connectivity index is 2.24. The number of anilines is 1. The molecule has 0 aromatic heterocycles. The quantitative estimate of drug-likeness (QED) is 0.673. The highest BCUT2D eigenvalue weighted by Crippen LogP contribution is 2.26. The maximum absolute atomic E-state index is 13.1. The summed E-state index contributed by atoms with van der Waals surface area (Å²) in [6.45, 7) is 4.78. The number of hydrogen-bond acceptors (Lipinski definition) is 5. The van der Waals surface area contributed by atoms with Crippen molar-refractivity contribution in [3.8, 4) is 0 Å². The normalized spacial score (nSPS) is 11.7. The van der Waals surface area contributed by atoms with Gasteiger partial charge >= 0.3 is 5.97 Å². The number of esters is 1. The van der Waals surface area contributed by atoms with Crippen LogP contribution < -0.4 is 9.62 Å². The second kappa shape index (κ2) is 9.01. The summed E-state index contributed by atoms with van der Waals surface area (Å²) in [5.41, 5.74) is -0.469. The number of benzene rings is 2. The van der Waals surface area contributed by atoms with Crippen LogP contribution in [0.2, 0.25) is 5.02 Å². The molecule has 0 bridgehead atoms. The van der Waals surface area contributed by atoms with Crippen LogP contribution in [0.15, 0.2) is 47.4 Å². The van der Waals surface area contributed by atoms with Crippen molar-refractivity contribution in [2.75, 3.05) is 18.0 Å². The number of sulfonamides is 1. The lowest BCUT2D eigenvalue weighted by Crippen LogP contribution is -2.42. The number of ether oxygens (including phenoxy) is 1. The molecular formula is C20H22ClFN2O5S. The lowest BCUT2D eigenvalue weighted by molar-refractivity contribution is -0.125. The molecule has 2 aromatic rings. The summed E-state index contributed by atoms with van der Waals surface area (Å²) < 4.78 is 44.8. The predicted molar refractivity (Wildman–Crippen MR) is 112 cm³/mol. The fourth-order valence-electron chi connectivity index (χ4n) is 2.43. The smallest absolute Gasteiger partial charge is 0.340 e. The van der Waals surface area contributed by atoms with Gasteiger partial charge in [-0.25, -0.2) is 17.6 Å². The zero-order valence-corrected chi connectivity index (χ0v) is 18.5. The van der Waals surface area contributed by atoms with Crippen LogP contribution in [0.4, 0.5) is 10.1 Å². The molecule has 1 amide bonds. The summed E-state index contributed by atoms with van der Waals surface area (Å²) in [5.74, 6) is -1.95. The van der Waals surface area contributed by atoms with E-state index in [4.69, 9.17) is 16.3 Å². The van der Waals surface area contributed by atoms with Crippen molar-refractivity contribution in [2.45, 2.75) is 31.2 Å². The van der Waals surface area contributed by atoms with Crippen LogP contribution in [0.3, 0.4) is 0 Å². The second-order valence-corrected chi connectivity index (χ2v) is 9.84. The first-order valence-corrected chi connectivity index (χ1v) is 10.7. The molecule has 30 heavy (non-hydrogen) atoms. The number of carbonyl (C=O) groups excluding carboxylic acids is 2. The van der Waals surface area contributed by atoms with E-state index in [2.05, 4.69) is 5.32 Å². The Morgan fingerprint density at radius 3 is 2.30 bits per heavy atom. The largest absolute Gasteiger partial charge is 0.452 e. The Kier molecular flexibility index (Phi) is 7.10. The molecular weight excluding hydrogens is 435 g/mol. The fourth-order valence-corrected chi connectivity index (χ4v) is 3.85. The molecule has 0 atom stereocenters. The van der Waals surface area contributed by atoms with E-state index < -0.39 is 39.9 Å². The molecule has 0 saturated carbocycles. The third kappa shape index (κ3) is 5.93. The van der Waals surface area contributed by atoms with Crippen molar-refractivity contribution >= 4 is 39.2 Å². The van der Waals surface area contributed by atoms with Crippen LogP contribution in [0.25, 0.3) is 0 Å². The highest BCUT2D eigenvalue weighted by Gasteiger charge is 2.25. The van der Waals surface area contributed by atoms with Gasteiger partial charge in [0.05, 0.1) is 21.2 Å². The van der Waals surface area contributed by atoms with Crippen molar-refractivity contribution in [2.24, 2.45) is 0 Å². The van der Waals surface area contributed by atoms with Gasteiger partial charge in [-0.1, -0.05) is 11.6 Å². The van der Waals surface area contributed by atoms with E-state index in [0.29, 0.717) is 0 Å². The molecule has 1 N–H and O–H groups in total. The van der Waals surface area contributed by atoms with E-state index in [1.54, 1.807) is 20.8 Å². The topological polar surface area (TPSA) is 92.8 Å². The van der Waals surface area contributed by atoms with Crippen molar-refractivity contribution in [3.05, 3.63) is 58.9 Å². The zero-order chi connectivity index (χ0) is 22.7. The molecule has 162 valence electrons. The first-order valence-electron chi connectivity index (χ1n) is 8.83. The molecule has 0 unspecified atom stereocenters. The lowest BCUT2D eigenvalue weighted by atomic mass is 10.1. The van der Waals surface area contributed by atoms with E-state index in [1.807, 2.05) is 0 Å². The minimum Gasteiger partial charge on any atom is -0.452 e. The summed E-state index contributed by atoms with van der Waals surface area (Å²) in [5, 5.41) is 2.61. The Morgan fingerprint density at radius 1 is 1.13 bits per heavy atom. The number of hydrogen-bond donors (Lipinski definition) is 1. The number of nitrogens with one attached hydrogen (secondary N) is 1. The third-order valence-corrected chi connectivity index (χ3v) is 5.97. The summed E-state index contributed by atoms with van der Waals surface area (Å²) in [6, 6.07) is 8.45. The van der Waals surface area contributed by atoms with E-state index >= 15 is 0 Å². The molecule has 7 nitrogen and oxygen atoms in total. The average Bonchev–Trinajstić information content (AvgIpc) is 2.65. The van der Waals surface area contributed by atoms with Gasteiger partial charge < -0.3 is 10.1 Å². The number of halogens is 2. The second-order valence-electron chi connectivity index (χ2n) is 7.46. The molecule has 10 heteroatoms. The van der Waals surface area contributed by atoms with Gasteiger partial charge in [0.25, 0.3) is 15.9 Å². The summed E-state index contributed by atoms with van der Waals surface area (Å²) in [6.07, 6.45) is 0. The zero-order valence-electron chi connectivity index (χ0n) is 16.9. The molecule has 0 aliphatic rings. The lowest BCUT2D eigenvalue weighted by Gasteiger charge is -2.21. The van der Waals surface area contributed by atoms with Gasteiger partial charge in [-0.15, -0.1) is 0 Å². The predicted octanol–water partition coefficient (Wildman–Crippen LogP) is 3.38. The van der Waals surface area contributed by atoms with E-state index in [-0.39, 0.29) is 21.2 Å². The highest BCUT2D eigenvalue weighted by molar-refractivity contribution is 7.92. The molecule has 0 saturated heterocycles. The van der Waals surface area contributed by atoms with Crippen LogP contribution in [0.5, 0.6) is 0 Å². The number of nitrogens with zero attached hydrogens (tertiary/aromatic N) is 1. The van der Waals surface area contributed by atoms with Crippen LogP contribution in [0.1, 0.15) is 31.1 Å². The third-order valence-electron chi connectivity index (χ3n) is 3.86. The molecule has 2 rings (SSSR count). The Bertz CT molecular complexity index is 1050. The van der Waals surface area contributed by atoms with Crippen LogP contribution >= 0.6 is 11.6 Å². The first-order chi connectivity index (χ1) is 13.8. The van der Waals surface area contributed by atoms with Gasteiger partial charge in [-0.2, -0.15) is 0 Å². The number of rotatable bonds is 6. The van der Waals surface area contributed by atoms with Crippen LogP contribution in [0, 0.1) is 5.82 Å². The average molecular weight is 457 g/mol. The highest BCUT2D eigenvalue weighted by atomic mass is 35.5. The van der Waals surface area contributed by atoms with Gasteiger partial charge in [0, 0.05) is 12.6 Å². The fraction of sp³-hybridized carbons (Fsp3) is 0.300. The van der Waals surface area contributed by atoms with E-state index in [9.17, 15) is 22.4 Å². The van der Waals surface area contributed by atoms with Gasteiger partial charge in [0.1, 0.15) is 5.82 Å². The van der Waals surface area contributed by atoms with Crippen molar-refractivity contribution in [1.82, 2.24) is 5.32 Å². The van der Waals surface area contributed by atoms with Crippen molar-refractivity contribution in [1.29, 1.82) is 0 Å². The van der Waals surface area contributed by atoms with Gasteiger partial charge in [-0.05, 0) is 63.2 Å².